The highest BCUT2D eigenvalue weighted by molar-refractivity contribution is 14.0. The minimum absolute atomic E-state index is 0. The van der Waals surface area contributed by atoms with E-state index in [0.717, 1.165) is 22.6 Å². The summed E-state index contributed by atoms with van der Waals surface area (Å²) in [6.45, 7) is 5.50. The van der Waals surface area contributed by atoms with Crippen LogP contribution in [0.15, 0.2) is 41.5 Å². The number of aliphatic imine (C=N–C) groups is 1. The molecule has 0 saturated carbocycles. The van der Waals surface area contributed by atoms with Crippen LogP contribution < -0.4 is 10.6 Å². The third-order valence-corrected chi connectivity index (χ3v) is 4.50. The van der Waals surface area contributed by atoms with Gasteiger partial charge in [0.15, 0.2) is 5.96 Å². The number of nitrogens with zero attached hydrogens (tertiary/aromatic N) is 4. The Morgan fingerprint density at radius 2 is 1.85 bits per heavy atom. The van der Waals surface area contributed by atoms with Crippen molar-refractivity contribution in [1.82, 2.24) is 25.4 Å². The highest BCUT2D eigenvalue weighted by atomic mass is 127. The molecule has 0 aliphatic heterocycles. The van der Waals surface area contributed by atoms with Crippen LogP contribution >= 0.6 is 24.0 Å². The van der Waals surface area contributed by atoms with Crippen molar-refractivity contribution >= 4 is 40.8 Å². The van der Waals surface area contributed by atoms with Crippen LogP contribution in [0.3, 0.4) is 0 Å². The molecule has 0 atom stereocenters. The van der Waals surface area contributed by atoms with E-state index in [1.165, 1.54) is 16.8 Å². The van der Waals surface area contributed by atoms with Crippen LogP contribution in [0.4, 0.5) is 0 Å². The number of para-hydroxylation sites is 1. The summed E-state index contributed by atoms with van der Waals surface area (Å²) < 4.78 is 1.91. The zero-order valence-corrected chi connectivity index (χ0v) is 17.9. The van der Waals surface area contributed by atoms with Crippen molar-refractivity contribution in [2.75, 3.05) is 7.05 Å². The van der Waals surface area contributed by atoms with E-state index in [0.29, 0.717) is 13.1 Å². The largest absolute Gasteiger partial charge is 0.352 e. The van der Waals surface area contributed by atoms with Gasteiger partial charge in [0.2, 0.25) is 0 Å². The Morgan fingerprint density at radius 1 is 1.12 bits per heavy atom. The number of hydrogen-bond acceptors (Lipinski definition) is 3. The quantitative estimate of drug-likeness (QED) is 0.354. The highest BCUT2D eigenvalue weighted by Gasteiger charge is 2.10. The van der Waals surface area contributed by atoms with E-state index in [1.54, 1.807) is 7.05 Å². The fraction of sp³-hybridized carbons (Fsp3) is 0.316. The Balaban J connectivity index is 0.00000243. The van der Waals surface area contributed by atoms with Gasteiger partial charge in [-0.05, 0) is 31.5 Å². The second-order valence-electron chi connectivity index (χ2n) is 6.04. The van der Waals surface area contributed by atoms with Crippen molar-refractivity contribution in [3.05, 3.63) is 59.0 Å². The molecule has 6 nitrogen and oxygen atoms in total. The first-order valence-electron chi connectivity index (χ1n) is 8.36. The van der Waals surface area contributed by atoms with Gasteiger partial charge in [0, 0.05) is 50.0 Å². The lowest BCUT2D eigenvalue weighted by Gasteiger charge is -2.13. The minimum Gasteiger partial charge on any atom is -0.352 e. The Hall–Kier alpha value is -2.16. The number of pyridine rings is 1. The third kappa shape index (κ3) is 4.32. The number of halogens is 1. The molecule has 0 aliphatic rings. The maximum Gasteiger partial charge on any atom is 0.191 e. The fourth-order valence-corrected chi connectivity index (χ4v) is 2.95. The predicted octanol–water partition coefficient (Wildman–Crippen LogP) is 3.07. The Labute approximate surface area is 171 Å². The molecule has 0 aliphatic carbocycles. The van der Waals surface area contributed by atoms with Crippen molar-refractivity contribution in [2.24, 2.45) is 12.0 Å². The third-order valence-electron chi connectivity index (χ3n) is 4.50. The number of aromatic nitrogens is 3. The lowest BCUT2D eigenvalue weighted by Crippen LogP contribution is -2.36. The molecule has 26 heavy (non-hydrogen) atoms. The topological polar surface area (TPSA) is 67.1 Å². The van der Waals surface area contributed by atoms with Gasteiger partial charge in [-0.2, -0.15) is 5.10 Å². The van der Waals surface area contributed by atoms with E-state index in [-0.39, 0.29) is 24.0 Å². The summed E-state index contributed by atoms with van der Waals surface area (Å²) in [5.74, 6) is 0.767. The number of rotatable bonds is 4. The average molecular weight is 464 g/mol. The molecule has 0 radical (unpaired) electrons. The fourth-order valence-electron chi connectivity index (χ4n) is 2.95. The molecule has 0 fully saturated rings. The van der Waals surface area contributed by atoms with Crippen LogP contribution in [-0.2, 0) is 20.1 Å². The zero-order valence-electron chi connectivity index (χ0n) is 15.6. The lowest BCUT2D eigenvalue weighted by atomic mass is 10.1. The van der Waals surface area contributed by atoms with Crippen LogP contribution in [-0.4, -0.2) is 27.8 Å². The van der Waals surface area contributed by atoms with Crippen molar-refractivity contribution in [3.63, 3.8) is 0 Å². The zero-order chi connectivity index (χ0) is 17.8. The van der Waals surface area contributed by atoms with Crippen LogP contribution in [0.1, 0.15) is 22.5 Å². The summed E-state index contributed by atoms with van der Waals surface area (Å²) in [6, 6.07) is 10.2. The smallest absolute Gasteiger partial charge is 0.191 e. The second kappa shape index (κ2) is 8.98. The van der Waals surface area contributed by atoms with Crippen molar-refractivity contribution in [1.29, 1.82) is 0 Å². The summed E-state index contributed by atoms with van der Waals surface area (Å²) in [4.78, 5) is 8.72. The molecule has 7 heteroatoms. The lowest BCUT2D eigenvalue weighted by molar-refractivity contribution is 0.728. The number of hydrogen-bond donors (Lipinski definition) is 2. The van der Waals surface area contributed by atoms with E-state index in [2.05, 4.69) is 38.7 Å². The second-order valence-corrected chi connectivity index (χ2v) is 6.04. The number of benzene rings is 1. The van der Waals surface area contributed by atoms with E-state index < -0.39 is 0 Å². The SMILES string of the molecule is CN=C(NCc1c(C)nn(C)c1C)NCc1ccnc2ccccc12.I. The first kappa shape index (κ1) is 20.2. The summed E-state index contributed by atoms with van der Waals surface area (Å²) in [6.07, 6.45) is 1.85. The molecular formula is C19H25IN6. The van der Waals surface area contributed by atoms with Gasteiger partial charge >= 0.3 is 0 Å². The summed E-state index contributed by atoms with van der Waals surface area (Å²) in [5.41, 5.74) is 5.62. The Bertz CT molecular complexity index is 910. The van der Waals surface area contributed by atoms with Gasteiger partial charge in [-0.3, -0.25) is 14.7 Å². The molecule has 0 amide bonds. The minimum atomic E-state index is 0. The van der Waals surface area contributed by atoms with Gasteiger partial charge < -0.3 is 10.6 Å². The molecule has 3 rings (SSSR count). The first-order chi connectivity index (χ1) is 12.1. The van der Waals surface area contributed by atoms with Crippen LogP contribution in [0.2, 0.25) is 0 Å². The van der Waals surface area contributed by atoms with E-state index in [9.17, 15) is 0 Å². The van der Waals surface area contributed by atoms with Gasteiger partial charge in [0.25, 0.3) is 0 Å². The molecule has 0 spiro atoms. The first-order valence-corrected chi connectivity index (χ1v) is 8.36. The summed E-state index contributed by atoms with van der Waals surface area (Å²) in [7, 11) is 3.75. The van der Waals surface area contributed by atoms with E-state index >= 15 is 0 Å². The number of guanidine groups is 1. The maximum absolute atomic E-state index is 4.45. The average Bonchev–Trinajstić information content (AvgIpc) is 2.87. The number of nitrogens with one attached hydrogen (secondary N) is 2. The predicted molar refractivity (Wildman–Crippen MR) is 117 cm³/mol. The molecule has 0 unspecified atom stereocenters. The molecule has 2 heterocycles. The summed E-state index contributed by atoms with van der Waals surface area (Å²) in [5, 5.41) is 12.4. The monoisotopic (exact) mass is 464 g/mol. The van der Waals surface area contributed by atoms with Gasteiger partial charge in [-0.15, -0.1) is 24.0 Å². The molecule has 2 aromatic heterocycles. The Morgan fingerprint density at radius 3 is 2.54 bits per heavy atom. The molecule has 2 N–H and O–H groups in total. The van der Waals surface area contributed by atoms with Gasteiger partial charge in [-0.25, -0.2) is 0 Å². The van der Waals surface area contributed by atoms with Crippen LogP contribution in [0.25, 0.3) is 10.9 Å². The molecule has 138 valence electrons. The van der Waals surface area contributed by atoms with Crippen molar-refractivity contribution < 1.29 is 0 Å². The van der Waals surface area contributed by atoms with Gasteiger partial charge in [0.1, 0.15) is 0 Å². The van der Waals surface area contributed by atoms with Gasteiger partial charge in [0.05, 0.1) is 11.2 Å². The van der Waals surface area contributed by atoms with Crippen molar-refractivity contribution in [2.45, 2.75) is 26.9 Å². The van der Waals surface area contributed by atoms with E-state index in [1.807, 2.05) is 49.1 Å². The number of fused-ring (bicyclic) bond motifs is 1. The van der Waals surface area contributed by atoms with Crippen LogP contribution in [0.5, 0.6) is 0 Å². The Kier molecular flexibility index (Phi) is 6.96. The van der Waals surface area contributed by atoms with E-state index in [4.69, 9.17) is 0 Å². The highest BCUT2D eigenvalue weighted by Crippen LogP contribution is 2.16. The number of aryl methyl sites for hydroxylation is 2. The normalized spacial score (nSPS) is 11.3. The molecule has 3 aromatic rings. The summed E-state index contributed by atoms with van der Waals surface area (Å²) >= 11 is 0. The molecule has 1 aromatic carbocycles. The standard InChI is InChI=1S/C19H24N6.HI/c1-13-17(14(2)25(4)24-13)12-23-19(20-3)22-11-15-9-10-21-18-8-6-5-7-16(15)18;/h5-10H,11-12H2,1-4H3,(H2,20,22,23);1H. The van der Waals surface area contributed by atoms with Gasteiger partial charge in [-0.1, -0.05) is 18.2 Å². The van der Waals surface area contributed by atoms with Crippen LogP contribution in [0, 0.1) is 13.8 Å². The maximum atomic E-state index is 4.45. The molecule has 0 saturated heterocycles. The molecular weight excluding hydrogens is 439 g/mol. The van der Waals surface area contributed by atoms with Crippen molar-refractivity contribution in [3.8, 4) is 0 Å². The molecule has 0 bridgehead atoms.